The van der Waals surface area contributed by atoms with Gasteiger partial charge in [0, 0.05) is 0 Å². The second-order valence-electron chi connectivity index (χ2n) is 8.44. The van der Waals surface area contributed by atoms with Crippen LogP contribution in [0.1, 0.15) is 45.4 Å². The van der Waals surface area contributed by atoms with Gasteiger partial charge in [0.1, 0.15) is 0 Å². The average molecular weight is 574 g/mol. The third-order valence-electron chi connectivity index (χ3n) is 7.07. The van der Waals surface area contributed by atoms with Gasteiger partial charge in [-0.15, -0.1) is 0 Å². The summed E-state index contributed by atoms with van der Waals surface area (Å²) in [5.41, 5.74) is 1.65. The summed E-state index contributed by atoms with van der Waals surface area (Å²) in [7, 11) is 0. The predicted molar refractivity (Wildman–Crippen MR) is 103 cm³/mol. The van der Waals surface area contributed by atoms with E-state index in [4.69, 9.17) is 0 Å². The van der Waals surface area contributed by atoms with Crippen molar-refractivity contribution in [3.63, 3.8) is 0 Å². The molecule has 2 fully saturated rings. The van der Waals surface area contributed by atoms with E-state index in [1.54, 1.807) is 12.0 Å². The maximum Gasteiger partial charge on any atom is -1.00 e. The van der Waals surface area contributed by atoms with E-state index in [2.05, 4.69) is 59.8 Å². The van der Waals surface area contributed by atoms with Crippen LogP contribution in [0, 0.1) is 23.7 Å². The molecule has 0 radical (unpaired) electrons. The van der Waals surface area contributed by atoms with Gasteiger partial charge in [0.25, 0.3) is 0 Å². The Morgan fingerprint density at radius 3 is 2.31 bits per heavy atom. The van der Waals surface area contributed by atoms with Crippen LogP contribution in [0.2, 0.25) is 16.8 Å². The van der Waals surface area contributed by atoms with Gasteiger partial charge < -0.3 is 24.8 Å². The monoisotopic (exact) mass is 574 g/mol. The Kier molecular flexibility index (Phi) is 8.72. The van der Waals surface area contributed by atoms with Gasteiger partial charge in [-0.2, -0.15) is 0 Å². The van der Waals surface area contributed by atoms with E-state index in [-0.39, 0.29) is 30.3 Å². The quantitative estimate of drug-likeness (QED) is 0.431. The van der Waals surface area contributed by atoms with E-state index in [1.807, 2.05) is 0 Å². The molecule has 0 heterocycles. The van der Waals surface area contributed by atoms with Crippen LogP contribution in [-0.2, 0) is 20.1 Å². The molecule has 4 aliphatic rings. The van der Waals surface area contributed by atoms with E-state index in [9.17, 15) is 0 Å². The van der Waals surface area contributed by atoms with Crippen LogP contribution in [0.25, 0.3) is 0 Å². The van der Waals surface area contributed by atoms with Crippen molar-refractivity contribution in [3.8, 4) is 0 Å². The fourth-order valence-electron chi connectivity index (χ4n) is 6.23. The Morgan fingerprint density at radius 1 is 1.00 bits per heavy atom. The van der Waals surface area contributed by atoms with E-state index in [1.165, 1.54) is 32.1 Å². The van der Waals surface area contributed by atoms with Crippen molar-refractivity contribution in [2.45, 2.75) is 62.2 Å². The molecule has 0 aromatic heterocycles. The van der Waals surface area contributed by atoms with Crippen molar-refractivity contribution >= 4 is 5.49 Å². The molecular weight excluding hydrogens is 542 g/mol. The maximum absolute atomic E-state index is 2.68. The number of rotatable bonds is 3. The van der Waals surface area contributed by atoms with Crippen molar-refractivity contribution in [2.24, 2.45) is 23.7 Å². The minimum atomic E-state index is -1.76. The van der Waals surface area contributed by atoms with Gasteiger partial charge in [0.2, 0.25) is 0 Å². The van der Waals surface area contributed by atoms with E-state index < -0.39 is 20.1 Å². The summed E-state index contributed by atoms with van der Waals surface area (Å²) < 4.78 is 3.19. The molecule has 0 nitrogen and oxygen atoms in total. The van der Waals surface area contributed by atoms with Gasteiger partial charge in [-0.3, -0.25) is 0 Å². The molecule has 0 aromatic carbocycles. The fraction of sp³-hybridized carbons (Fsp3) is 0.636. The molecule has 0 spiro atoms. The third-order valence-corrected chi connectivity index (χ3v) is 34.5. The number of halogens is 2. The van der Waals surface area contributed by atoms with E-state index in [0.29, 0.717) is 0 Å². The van der Waals surface area contributed by atoms with Crippen LogP contribution in [-0.4, -0.2) is 5.49 Å². The minimum absolute atomic E-state index is 0. The largest absolute Gasteiger partial charge is 1.00 e. The Labute approximate surface area is 180 Å². The van der Waals surface area contributed by atoms with Crippen molar-refractivity contribution in [1.82, 2.24) is 0 Å². The Hall–Kier alpha value is 0.627. The fourth-order valence-corrected chi connectivity index (χ4v) is 37.1. The smallest absolute Gasteiger partial charge is 1.00 e. The summed E-state index contributed by atoms with van der Waals surface area (Å²) in [5, 5.41) is 0. The van der Waals surface area contributed by atoms with Gasteiger partial charge in [-0.25, -0.2) is 0 Å². The van der Waals surface area contributed by atoms with Gasteiger partial charge >= 0.3 is 157 Å². The van der Waals surface area contributed by atoms with Gasteiger partial charge in [-0.1, -0.05) is 0 Å². The summed E-state index contributed by atoms with van der Waals surface area (Å²) in [6, 6.07) is 0. The first-order valence-corrected chi connectivity index (χ1v) is 21.9. The first-order valence-electron chi connectivity index (χ1n) is 10.1. The zero-order valence-corrected chi connectivity index (χ0v) is 22.5. The van der Waals surface area contributed by atoms with E-state index in [0.717, 1.165) is 27.3 Å². The molecule has 26 heavy (non-hydrogen) atoms. The van der Waals surface area contributed by atoms with Gasteiger partial charge in [0.05, 0.1) is 0 Å². The van der Waals surface area contributed by atoms with Crippen LogP contribution < -0.4 is 24.8 Å². The minimum Gasteiger partial charge on any atom is -1.00 e. The molecule has 0 aliphatic heterocycles. The Balaban J connectivity index is 0.00000121. The third kappa shape index (κ3) is 4.00. The molecule has 0 aromatic rings. The van der Waals surface area contributed by atoms with Crippen LogP contribution in [0.4, 0.5) is 0 Å². The van der Waals surface area contributed by atoms with Crippen LogP contribution in [0.15, 0.2) is 45.4 Å². The van der Waals surface area contributed by atoms with Crippen molar-refractivity contribution in [1.29, 1.82) is 0 Å². The van der Waals surface area contributed by atoms with Crippen molar-refractivity contribution < 1.29 is 44.9 Å². The standard InChI is InChI=1S/C13H17.C7H9.C2H6Si.2ClH.Hf/c1-3-7-12-10(5-1)9-11-6-2-4-8-13(11)12;1-2-7-5-3-4-6-7;1-3-2;;;/h1,3,5,7,9-13H,2,4,6,8H2;3,5H,2,4H2,1H3;1-2H3;2*1H;/q;;;;;+2/p-2. The first kappa shape index (κ1) is 22.9. The van der Waals surface area contributed by atoms with Gasteiger partial charge in [-0.05, 0) is 0 Å². The average Bonchev–Trinajstić information content (AvgIpc) is 3.19. The van der Waals surface area contributed by atoms with Crippen molar-refractivity contribution in [2.75, 3.05) is 0 Å². The molecule has 4 heteroatoms. The van der Waals surface area contributed by atoms with Crippen LogP contribution >= 0.6 is 0 Å². The summed E-state index contributed by atoms with van der Waals surface area (Å²) in [4.78, 5) is 0. The number of allylic oxidation sites excluding steroid dienone is 8. The second-order valence-corrected chi connectivity index (χ2v) is 33.2. The number of hydrogen-bond acceptors (Lipinski definition) is 0. The SMILES string of the molecule is CCC1=[C]([Hf+2]([CH]2C3C=CC=CC3C3CCCCC32)=[Si](C)C)CC=C1.[Cl-].[Cl-]. The Morgan fingerprint density at radius 2 is 1.65 bits per heavy atom. The maximum atomic E-state index is 2.68. The summed E-state index contributed by atoms with van der Waals surface area (Å²) in [6.45, 7) is 7.74. The molecule has 5 atom stereocenters. The molecule has 0 bridgehead atoms. The molecule has 2 saturated carbocycles. The molecule has 0 saturated heterocycles. The molecule has 4 rings (SSSR count). The molecule has 142 valence electrons. The zero-order chi connectivity index (χ0) is 16.7. The van der Waals surface area contributed by atoms with Crippen molar-refractivity contribution in [3.05, 3.63) is 45.4 Å². The van der Waals surface area contributed by atoms with E-state index >= 15 is 0 Å². The second kappa shape index (κ2) is 9.90. The molecular formula is C22H32Cl2HfSi. The zero-order valence-electron chi connectivity index (χ0n) is 16.3. The topological polar surface area (TPSA) is 0 Å². The molecule has 0 amide bonds. The van der Waals surface area contributed by atoms with Gasteiger partial charge in [0.15, 0.2) is 0 Å². The summed E-state index contributed by atoms with van der Waals surface area (Å²) in [6.07, 6.45) is 23.7. The van der Waals surface area contributed by atoms with Crippen LogP contribution in [0.5, 0.6) is 0 Å². The van der Waals surface area contributed by atoms with Crippen LogP contribution in [0.3, 0.4) is 0 Å². The molecule has 5 unspecified atom stereocenters. The molecule has 0 N–H and O–H groups in total. The predicted octanol–water partition coefficient (Wildman–Crippen LogP) is 0.455. The number of fused-ring (bicyclic) bond motifs is 3. The first-order chi connectivity index (χ1) is 11.7. The normalized spacial score (nSPS) is 33.7. The Bertz CT molecular complexity index is 670. The summed E-state index contributed by atoms with van der Waals surface area (Å²) >= 11 is -1.76. The number of hydrogen-bond donors (Lipinski definition) is 0. The molecule has 4 aliphatic carbocycles. The summed E-state index contributed by atoms with van der Waals surface area (Å²) in [5.74, 6) is 3.91.